The zero-order valence-electron chi connectivity index (χ0n) is 12.9. The molecule has 2 atom stereocenters. The molecule has 1 aliphatic rings. The molecule has 0 bridgehead atoms. The van der Waals surface area contributed by atoms with Crippen LogP contribution >= 0.6 is 0 Å². The van der Waals surface area contributed by atoms with Crippen LogP contribution < -0.4 is 14.8 Å². The number of unbranched alkanes of at least 4 members (excludes halogenated alkanes) is 1. The van der Waals surface area contributed by atoms with Crippen molar-refractivity contribution in [2.45, 2.75) is 45.6 Å². The quantitative estimate of drug-likeness (QED) is 0.839. The third-order valence-corrected chi connectivity index (χ3v) is 3.91. The molecule has 0 saturated heterocycles. The highest BCUT2D eigenvalue weighted by Crippen LogP contribution is 2.30. The van der Waals surface area contributed by atoms with Crippen LogP contribution in [0.2, 0.25) is 0 Å². The second kappa shape index (κ2) is 7.91. The smallest absolute Gasteiger partial charge is 0.264 e. The Labute approximate surface area is 126 Å². The van der Waals surface area contributed by atoms with Crippen LogP contribution in [-0.2, 0) is 4.79 Å². The maximum atomic E-state index is 12.2. The van der Waals surface area contributed by atoms with Crippen molar-refractivity contribution in [1.29, 1.82) is 0 Å². The summed E-state index contributed by atoms with van der Waals surface area (Å²) in [7, 11) is 0. The third kappa shape index (κ3) is 4.38. The van der Waals surface area contributed by atoms with Crippen LogP contribution in [0.5, 0.6) is 11.5 Å². The normalized spacial score (nSPS) is 18.1. The van der Waals surface area contributed by atoms with E-state index in [4.69, 9.17) is 9.47 Å². The van der Waals surface area contributed by atoms with Gasteiger partial charge >= 0.3 is 0 Å². The number of benzene rings is 1. The van der Waals surface area contributed by atoms with E-state index >= 15 is 0 Å². The molecule has 1 heterocycles. The van der Waals surface area contributed by atoms with Crippen LogP contribution in [0, 0.1) is 5.92 Å². The number of rotatable bonds is 7. The molecule has 0 fully saturated rings. The van der Waals surface area contributed by atoms with Gasteiger partial charge < -0.3 is 14.8 Å². The average Bonchev–Trinajstić information content (AvgIpc) is 2.54. The van der Waals surface area contributed by atoms with Gasteiger partial charge in [-0.05, 0) is 24.5 Å². The maximum absolute atomic E-state index is 12.2. The first-order valence-electron chi connectivity index (χ1n) is 7.90. The van der Waals surface area contributed by atoms with Gasteiger partial charge in [0.2, 0.25) is 6.10 Å². The molecule has 0 radical (unpaired) electrons. The predicted octanol–water partition coefficient (Wildman–Crippen LogP) is 3.16. The molecule has 2 rings (SSSR count). The number of ether oxygens (including phenoxy) is 2. The molecule has 1 amide bonds. The number of carbonyl (C=O) groups excluding carboxylic acids is 1. The van der Waals surface area contributed by atoms with Crippen molar-refractivity contribution in [3.05, 3.63) is 24.3 Å². The van der Waals surface area contributed by atoms with E-state index in [1.54, 1.807) is 0 Å². The number of fused-ring (bicyclic) bond motifs is 1. The summed E-state index contributed by atoms with van der Waals surface area (Å²) in [6.45, 7) is 5.35. The van der Waals surface area contributed by atoms with Crippen molar-refractivity contribution in [1.82, 2.24) is 5.32 Å². The summed E-state index contributed by atoms with van der Waals surface area (Å²) in [5.74, 6) is 1.81. The summed E-state index contributed by atoms with van der Waals surface area (Å²) in [4.78, 5) is 12.2. The number of hydrogen-bond donors (Lipinski definition) is 1. The Hall–Kier alpha value is -1.71. The van der Waals surface area contributed by atoms with E-state index in [2.05, 4.69) is 19.2 Å². The van der Waals surface area contributed by atoms with Crippen molar-refractivity contribution < 1.29 is 14.3 Å². The molecule has 1 aliphatic heterocycles. The Morgan fingerprint density at radius 1 is 1.33 bits per heavy atom. The second-order valence-electron chi connectivity index (χ2n) is 5.53. The molecular formula is C17H25NO3. The predicted molar refractivity (Wildman–Crippen MR) is 82.7 cm³/mol. The molecule has 21 heavy (non-hydrogen) atoms. The summed E-state index contributed by atoms with van der Waals surface area (Å²) in [5, 5.41) is 3.00. The van der Waals surface area contributed by atoms with E-state index in [1.165, 1.54) is 12.8 Å². The second-order valence-corrected chi connectivity index (χ2v) is 5.53. The molecule has 0 aliphatic carbocycles. The van der Waals surface area contributed by atoms with Gasteiger partial charge in [-0.1, -0.05) is 45.2 Å². The van der Waals surface area contributed by atoms with E-state index in [0.29, 0.717) is 17.4 Å². The van der Waals surface area contributed by atoms with E-state index in [1.807, 2.05) is 24.3 Å². The molecule has 1 aromatic rings. The van der Waals surface area contributed by atoms with Gasteiger partial charge in [-0.2, -0.15) is 0 Å². The van der Waals surface area contributed by atoms with Crippen LogP contribution in [0.15, 0.2) is 24.3 Å². The molecule has 1 N–H and O–H groups in total. The zero-order valence-corrected chi connectivity index (χ0v) is 12.9. The highest BCUT2D eigenvalue weighted by atomic mass is 16.6. The summed E-state index contributed by atoms with van der Waals surface area (Å²) >= 11 is 0. The minimum atomic E-state index is -0.552. The first-order valence-corrected chi connectivity index (χ1v) is 7.90. The Morgan fingerprint density at radius 2 is 2.10 bits per heavy atom. The number of hydrogen-bond acceptors (Lipinski definition) is 3. The van der Waals surface area contributed by atoms with Crippen LogP contribution in [0.1, 0.15) is 39.5 Å². The lowest BCUT2D eigenvalue weighted by Crippen LogP contribution is -2.45. The monoisotopic (exact) mass is 291 g/mol. The molecule has 4 heteroatoms. The Bertz CT molecular complexity index is 461. The summed E-state index contributed by atoms with van der Waals surface area (Å²) in [6.07, 6.45) is 4.11. The minimum Gasteiger partial charge on any atom is -0.485 e. The lowest BCUT2D eigenvalue weighted by molar-refractivity contribution is -0.130. The van der Waals surface area contributed by atoms with Crippen molar-refractivity contribution >= 4 is 5.91 Å². The number of amides is 1. The highest BCUT2D eigenvalue weighted by molar-refractivity contribution is 5.81. The molecule has 0 unspecified atom stereocenters. The van der Waals surface area contributed by atoms with Gasteiger partial charge in [0.1, 0.15) is 6.61 Å². The van der Waals surface area contributed by atoms with Gasteiger partial charge in [-0.15, -0.1) is 0 Å². The fourth-order valence-electron chi connectivity index (χ4n) is 2.45. The van der Waals surface area contributed by atoms with Crippen LogP contribution in [0.3, 0.4) is 0 Å². The SMILES string of the molecule is CCCC[C@H](CC)CNC(=O)[C@H]1COc2ccccc2O1. The first kappa shape index (κ1) is 15.7. The number of carbonyl (C=O) groups is 1. The average molecular weight is 291 g/mol. The molecule has 0 aromatic heterocycles. The van der Waals surface area contributed by atoms with Crippen LogP contribution in [0.25, 0.3) is 0 Å². The van der Waals surface area contributed by atoms with Crippen molar-refractivity contribution in [3.63, 3.8) is 0 Å². The fourth-order valence-corrected chi connectivity index (χ4v) is 2.45. The molecule has 4 nitrogen and oxygen atoms in total. The highest BCUT2D eigenvalue weighted by Gasteiger charge is 2.27. The molecule has 116 valence electrons. The van der Waals surface area contributed by atoms with Gasteiger partial charge in [0.25, 0.3) is 5.91 Å². The van der Waals surface area contributed by atoms with Crippen LogP contribution in [0.4, 0.5) is 0 Å². The minimum absolute atomic E-state index is 0.0838. The molecule has 1 aromatic carbocycles. The largest absolute Gasteiger partial charge is 0.485 e. The zero-order chi connectivity index (χ0) is 15.1. The van der Waals surface area contributed by atoms with Crippen molar-refractivity contribution in [2.24, 2.45) is 5.92 Å². The summed E-state index contributed by atoms with van der Waals surface area (Å²) < 4.78 is 11.3. The van der Waals surface area contributed by atoms with Crippen LogP contribution in [-0.4, -0.2) is 25.2 Å². The first-order chi connectivity index (χ1) is 10.2. The van der Waals surface area contributed by atoms with Gasteiger partial charge in [-0.25, -0.2) is 0 Å². The van der Waals surface area contributed by atoms with E-state index in [-0.39, 0.29) is 12.5 Å². The number of nitrogens with one attached hydrogen (secondary N) is 1. The Kier molecular flexibility index (Phi) is 5.90. The Balaban J connectivity index is 1.82. The molecule has 0 spiro atoms. The lowest BCUT2D eigenvalue weighted by atomic mass is 9.99. The third-order valence-electron chi connectivity index (χ3n) is 3.91. The van der Waals surface area contributed by atoms with Gasteiger partial charge in [-0.3, -0.25) is 4.79 Å². The topological polar surface area (TPSA) is 47.6 Å². The van der Waals surface area contributed by atoms with E-state index < -0.39 is 6.10 Å². The summed E-state index contributed by atoms with van der Waals surface area (Å²) in [5.41, 5.74) is 0. The fraction of sp³-hybridized carbons (Fsp3) is 0.588. The van der Waals surface area contributed by atoms with Crippen molar-refractivity contribution in [2.75, 3.05) is 13.2 Å². The van der Waals surface area contributed by atoms with Gasteiger partial charge in [0, 0.05) is 6.54 Å². The van der Waals surface area contributed by atoms with E-state index in [9.17, 15) is 4.79 Å². The van der Waals surface area contributed by atoms with E-state index in [0.717, 1.165) is 19.4 Å². The standard InChI is InChI=1S/C17H25NO3/c1-3-5-8-13(4-2)11-18-17(19)16-12-20-14-9-6-7-10-15(14)21-16/h6-7,9-10,13,16H,3-5,8,11-12H2,1-2H3,(H,18,19)/t13-,16+/m0/s1. The molecule has 0 saturated carbocycles. The van der Waals surface area contributed by atoms with Gasteiger partial charge in [0.05, 0.1) is 0 Å². The van der Waals surface area contributed by atoms with Gasteiger partial charge in [0.15, 0.2) is 11.5 Å². The van der Waals surface area contributed by atoms with Crippen molar-refractivity contribution in [3.8, 4) is 11.5 Å². The summed E-state index contributed by atoms with van der Waals surface area (Å²) in [6, 6.07) is 7.44. The molecular weight excluding hydrogens is 266 g/mol. The Morgan fingerprint density at radius 3 is 2.81 bits per heavy atom. The lowest BCUT2D eigenvalue weighted by Gasteiger charge is -2.26. The maximum Gasteiger partial charge on any atom is 0.264 e. The number of para-hydroxylation sites is 2.